The Balaban J connectivity index is 1.30. The van der Waals surface area contributed by atoms with Gasteiger partial charge in [-0.2, -0.15) is 5.10 Å². The molecule has 1 N–H and O–H groups in total. The first-order chi connectivity index (χ1) is 12.7. The number of hydrogen-bond donors (Lipinski definition) is 1. The van der Waals surface area contributed by atoms with Crippen LogP contribution in [0.25, 0.3) is 0 Å². The first kappa shape index (κ1) is 18.0. The topological polar surface area (TPSA) is 53.4 Å². The van der Waals surface area contributed by atoms with E-state index in [0.717, 1.165) is 57.6 Å². The van der Waals surface area contributed by atoms with E-state index in [1.54, 1.807) is 0 Å². The number of carbonyl (C=O) groups excluding carboxylic acids is 1. The third kappa shape index (κ3) is 3.96. The molecule has 1 aromatic rings. The molecule has 6 nitrogen and oxygen atoms in total. The van der Waals surface area contributed by atoms with Gasteiger partial charge in [0.25, 0.3) is 5.91 Å². The Bertz CT molecular complexity index is 593. The fourth-order valence-electron chi connectivity index (χ4n) is 4.77. The Hall–Kier alpha value is -1.40. The highest BCUT2D eigenvalue weighted by atomic mass is 16.2. The van der Waals surface area contributed by atoms with Crippen LogP contribution in [0.15, 0.2) is 12.3 Å². The molecular formula is C20H33N5O. The molecule has 0 bridgehead atoms. The molecule has 1 unspecified atom stereocenters. The number of carbonyl (C=O) groups is 1. The second-order valence-electron chi connectivity index (χ2n) is 8.42. The lowest BCUT2D eigenvalue weighted by Crippen LogP contribution is -2.52. The van der Waals surface area contributed by atoms with Crippen LogP contribution in [0.3, 0.4) is 0 Å². The molecule has 1 saturated carbocycles. The zero-order valence-electron chi connectivity index (χ0n) is 16.1. The molecule has 1 atom stereocenters. The minimum atomic E-state index is 0.101. The van der Waals surface area contributed by atoms with Crippen molar-refractivity contribution < 1.29 is 4.79 Å². The predicted octanol–water partition coefficient (Wildman–Crippen LogP) is 2.14. The summed E-state index contributed by atoms with van der Waals surface area (Å²) < 4.78 is 1.98. The van der Waals surface area contributed by atoms with Crippen LogP contribution in [0.2, 0.25) is 0 Å². The van der Waals surface area contributed by atoms with Gasteiger partial charge in [-0.05, 0) is 57.1 Å². The van der Waals surface area contributed by atoms with Crippen molar-refractivity contribution in [2.24, 2.45) is 5.92 Å². The Labute approximate surface area is 156 Å². The van der Waals surface area contributed by atoms with E-state index in [1.165, 1.54) is 32.1 Å². The van der Waals surface area contributed by atoms with Crippen LogP contribution in [0.1, 0.15) is 62.0 Å². The highest BCUT2D eigenvalue weighted by Crippen LogP contribution is 2.27. The van der Waals surface area contributed by atoms with E-state index in [1.807, 2.05) is 21.8 Å². The van der Waals surface area contributed by atoms with Crippen LogP contribution in [0, 0.1) is 5.92 Å². The van der Waals surface area contributed by atoms with Crippen molar-refractivity contribution in [3.8, 4) is 0 Å². The van der Waals surface area contributed by atoms with Crippen molar-refractivity contribution >= 4 is 5.91 Å². The van der Waals surface area contributed by atoms with Gasteiger partial charge in [-0.25, -0.2) is 0 Å². The third-order valence-corrected chi connectivity index (χ3v) is 6.58. The summed E-state index contributed by atoms with van der Waals surface area (Å²) in [6.07, 6.45) is 9.67. The van der Waals surface area contributed by atoms with Crippen molar-refractivity contribution in [1.82, 2.24) is 24.9 Å². The van der Waals surface area contributed by atoms with E-state index in [0.29, 0.717) is 11.7 Å². The first-order valence-electron chi connectivity index (χ1n) is 10.5. The monoisotopic (exact) mass is 359 g/mol. The maximum atomic E-state index is 12.8. The van der Waals surface area contributed by atoms with Gasteiger partial charge in [-0.3, -0.25) is 14.4 Å². The number of piperazine rings is 1. The molecule has 3 aliphatic rings. The molecule has 26 heavy (non-hydrogen) atoms. The van der Waals surface area contributed by atoms with E-state index in [9.17, 15) is 4.79 Å². The van der Waals surface area contributed by atoms with E-state index >= 15 is 0 Å². The molecule has 2 saturated heterocycles. The second-order valence-corrected chi connectivity index (χ2v) is 8.42. The number of hydrogen-bond acceptors (Lipinski definition) is 4. The minimum absolute atomic E-state index is 0.101. The summed E-state index contributed by atoms with van der Waals surface area (Å²) >= 11 is 0. The second kappa shape index (κ2) is 8.09. The molecule has 1 aliphatic carbocycles. The van der Waals surface area contributed by atoms with E-state index < -0.39 is 0 Å². The summed E-state index contributed by atoms with van der Waals surface area (Å²) in [7, 11) is 0. The lowest BCUT2D eigenvalue weighted by molar-refractivity contribution is 0.0496. The molecule has 0 radical (unpaired) electrons. The zero-order valence-corrected chi connectivity index (χ0v) is 16.1. The van der Waals surface area contributed by atoms with Crippen LogP contribution in [0.4, 0.5) is 0 Å². The van der Waals surface area contributed by atoms with Crippen molar-refractivity contribution in [3.05, 3.63) is 18.0 Å². The van der Waals surface area contributed by atoms with Gasteiger partial charge < -0.3 is 10.2 Å². The number of nitrogens with zero attached hydrogens (tertiary/aromatic N) is 4. The van der Waals surface area contributed by atoms with Crippen LogP contribution in [-0.2, 0) is 0 Å². The highest BCUT2D eigenvalue weighted by molar-refractivity contribution is 5.92. The van der Waals surface area contributed by atoms with E-state index in [4.69, 9.17) is 0 Å². The third-order valence-electron chi connectivity index (χ3n) is 6.58. The smallest absolute Gasteiger partial charge is 0.274 e. The Morgan fingerprint density at radius 2 is 1.85 bits per heavy atom. The maximum absolute atomic E-state index is 12.8. The normalized spacial score (nSPS) is 31.1. The Kier molecular flexibility index (Phi) is 5.60. The molecule has 0 aromatic carbocycles. The maximum Gasteiger partial charge on any atom is 0.274 e. The van der Waals surface area contributed by atoms with Gasteiger partial charge >= 0.3 is 0 Å². The van der Waals surface area contributed by atoms with Gasteiger partial charge in [0.1, 0.15) is 5.69 Å². The van der Waals surface area contributed by atoms with Gasteiger partial charge in [0.2, 0.25) is 0 Å². The number of nitrogens with one attached hydrogen (secondary N) is 1. The van der Waals surface area contributed by atoms with Crippen molar-refractivity contribution in [2.45, 2.75) is 57.5 Å². The number of amides is 1. The molecule has 3 fully saturated rings. The lowest BCUT2D eigenvalue weighted by Gasteiger charge is -2.41. The number of aromatic nitrogens is 2. The summed E-state index contributed by atoms with van der Waals surface area (Å²) in [5, 5.41) is 8.01. The van der Waals surface area contributed by atoms with Gasteiger partial charge in [0.05, 0.1) is 6.04 Å². The van der Waals surface area contributed by atoms with Crippen LogP contribution < -0.4 is 5.32 Å². The average molecular weight is 360 g/mol. The number of piperidine rings is 1. The summed E-state index contributed by atoms with van der Waals surface area (Å²) in [5.41, 5.74) is 0.607. The molecule has 3 heterocycles. The van der Waals surface area contributed by atoms with Crippen molar-refractivity contribution in [2.75, 3.05) is 39.3 Å². The quantitative estimate of drug-likeness (QED) is 0.898. The minimum Gasteiger partial charge on any atom is -0.335 e. The Morgan fingerprint density at radius 1 is 1.08 bits per heavy atom. The zero-order chi connectivity index (χ0) is 17.9. The molecule has 2 aliphatic heterocycles. The highest BCUT2D eigenvalue weighted by Gasteiger charge is 2.29. The van der Waals surface area contributed by atoms with Crippen LogP contribution in [0.5, 0.6) is 0 Å². The van der Waals surface area contributed by atoms with Crippen LogP contribution in [-0.4, -0.2) is 70.8 Å². The lowest BCUT2D eigenvalue weighted by atomic mass is 9.86. The first-order valence-corrected chi connectivity index (χ1v) is 10.5. The summed E-state index contributed by atoms with van der Waals surface area (Å²) in [6, 6.07) is 3.02. The largest absolute Gasteiger partial charge is 0.335 e. The van der Waals surface area contributed by atoms with Crippen LogP contribution >= 0.6 is 0 Å². The molecular weight excluding hydrogens is 326 g/mol. The van der Waals surface area contributed by atoms with E-state index in [2.05, 4.69) is 22.2 Å². The fraction of sp³-hybridized carbons (Fsp3) is 0.800. The summed E-state index contributed by atoms with van der Waals surface area (Å²) in [6.45, 7) is 8.11. The van der Waals surface area contributed by atoms with Gasteiger partial charge in [-0.15, -0.1) is 0 Å². The predicted molar refractivity (Wildman–Crippen MR) is 102 cm³/mol. The van der Waals surface area contributed by atoms with E-state index in [-0.39, 0.29) is 5.91 Å². The SMILES string of the molecule is CC1CCC(N2CCN(C(=O)c3ccn(C4CCCNC4)n3)CC2)CC1. The molecule has 4 rings (SSSR count). The Morgan fingerprint density at radius 3 is 2.54 bits per heavy atom. The molecule has 1 aromatic heterocycles. The molecule has 1 amide bonds. The standard InChI is InChI=1S/C20H33N5O/c1-16-4-6-17(7-5-16)23-11-13-24(14-12-23)20(26)19-8-10-25(22-19)18-3-2-9-21-15-18/h8,10,16-18,21H,2-7,9,11-15H2,1H3. The van der Waals surface area contributed by atoms with Gasteiger partial charge in [0, 0.05) is 45.0 Å². The average Bonchev–Trinajstić information content (AvgIpc) is 3.19. The summed E-state index contributed by atoms with van der Waals surface area (Å²) in [5.74, 6) is 0.994. The molecule has 0 spiro atoms. The fourth-order valence-corrected chi connectivity index (χ4v) is 4.77. The van der Waals surface area contributed by atoms with Gasteiger partial charge in [-0.1, -0.05) is 6.92 Å². The number of rotatable bonds is 3. The van der Waals surface area contributed by atoms with Gasteiger partial charge in [0.15, 0.2) is 0 Å². The molecule has 144 valence electrons. The van der Waals surface area contributed by atoms with Crippen molar-refractivity contribution in [1.29, 1.82) is 0 Å². The molecule has 6 heteroatoms. The van der Waals surface area contributed by atoms with Crippen molar-refractivity contribution in [3.63, 3.8) is 0 Å². The summed E-state index contributed by atoms with van der Waals surface area (Å²) in [4.78, 5) is 17.4.